The van der Waals surface area contributed by atoms with E-state index in [4.69, 9.17) is 30.8 Å². The molecule has 0 amide bonds. The molecule has 0 unspecified atom stereocenters. The normalized spacial score (nSPS) is 13.6. The molecule has 2 heterocycles. The van der Waals surface area contributed by atoms with Crippen LogP contribution in [-0.2, 0) is 0 Å². The zero-order valence-electron chi connectivity index (χ0n) is 16.8. The molecule has 1 saturated carbocycles. The van der Waals surface area contributed by atoms with E-state index in [9.17, 15) is 0 Å². The molecule has 1 aliphatic carbocycles. The number of hydrogen-bond acceptors (Lipinski definition) is 7. The van der Waals surface area contributed by atoms with Crippen molar-refractivity contribution in [2.45, 2.75) is 32.2 Å². The highest BCUT2D eigenvalue weighted by molar-refractivity contribution is 7.22. The van der Waals surface area contributed by atoms with Gasteiger partial charge in [0.05, 0.1) is 27.9 Å². The number of nitrogens with zero attached hydrogens (tertiary/aromatic N) is 3. The average Bonchev–Trinajstić information content (AvgIpc) is 3.05. The number of hydrogen-bond donors (Lipinski definition) is 1. The van der Waals surface area contributed by atoms with Gasteiger partial charge in [-0.15, -0.1) is 11.3 Å². The molecule has 0 bridgehead atoms. The van der Waals surface area contributed by atoms with Gasteiger partial charge in [-0.25, -0.2) is 14.8 Å². The van der Waals surface area contributed by atoms with Crippen LogP contribution in [-0.4, -0.2) is 37.3 Å². The molecule has 0 spiro atoms. The maximum atomic E-state index is 7.47. The van der Waals surface area contributed by atoms with Gasteiger partial charge < -0.3 is 19.5 Å². The predicted molar refractivity (Wildman–Crippen MR) is 115 cm³/mol. The van der Waals surface area contributed by atoms with Gasteiger partial charge in [0.15, 0.2) is 17.3 Å². The lowest BCUT2D eigenvalue weighted by Gasteiger charge is -2.27. The third-order valence-corrected chi connectivity index (χ3v) is 6.32. The molecule has 7 nitrogen and oxygen atoms in total. The van der Waals surface area contributed by atoms with E-state index in [0.29, 0.717) is 34.1 Å². The highest BCUT2D eigenvalue weighted by Gasteiger charge is 2.23. The molecular formula is C21H22N4O3S. The molecule has 3 aromatic rings. The van der Waals surface area contributed by atoms with Gasteiger partial charge >= 0.3 is 0 Å². The Balaban J connectivity index is 1.91. The van der Waals surface area contributed by atoms with Crippen molar-refractivity contribution >= 4 is 32.4 Å². The second kappa shape index (κ2) is 7.76. The number of ether oxygens (including phenoxy) is 3. The van der Waals surface area contributed by atoms with Crippen LogP contribution in [0, 0.1) is 13.5 Å². The largest absolute Gasteiger partial charge is 0.493 e. The standard InChI is InChI=1S/C21H22N4O3S/c1-11-16-19(23-13-7-6-8-13)24-18(25-21(16)29-20(11)22-2)12-9-14(26-3)17(28-5)15(10-12)27-4/h9-10,13H,6-8H2,1,3-5H3,(H,23,24,25). The molecule has 0 saturated heterocycles. The predicted octanol–water partition coefficient (Wildman–Crippen LogP) is 5.21. The van der Waals surface area contributed by atoms with Crippen LogP contribution in [0.25, 0.3) is 26.4 Å². The lowest BCUT2D eigenvalue weighted by atomic mass is 9.93. The molecule has 0 atom stereocenters. The lowest BCUT2D eigenvalue weighted by Crippen LogP contribution is -2.27. The Morgan fingerprint density at radius 1 is 1.10 bits per heavy atom. The quantitative estimate of drug-likeness (QED) is 0.563. The van der Waals surface area contributed by atoms with Crippen molar-refractivity contribution in [3.8, 4) is 28.6 Å². The van der Waals surface area contributed by atoms with Gasteiger partial charge in [0.2, 0.25) is 10.8 Å². The van der Waals surface area contributed by atoms with E-state index in [1.807, 2.05) is 19.1 Å². The summed E-state index contributed by atoms with van der Waals surface area (Å²) in [5, 5.41) is 5.14. The molecule has 1 aliphatic rings. The molecule has 4 rings (SSSR count). The molecule has 2 aromatic heterocycles. The number of fused-ring (bicyclic) bond motifs is 1. The summed E-state index contributed by atoms with van der Waals surface area (Å²) in [6, 6.07) is 4.09. The third kappa shape index (κ3) is 3.32. The number of thiophene rings is 1. The molecule has 150 valence electrons. The summed E-state index contributed by atoms with van der Waals surface area (Å²) >= 11 is 1.39. The smallest absolute Gasteiger partial charge is 0.246 e. The first kappa shape index (κ1) is 19.3. The van der Waals surface area contributed by atoms with Gasteiger partial charge in [-0.3, -0.25) is 0 Å². The highest BCUT2D eigenvalue weighted by atomic mass is 32.1. The van der Waals surface area contributed by atoms with Gasteiger partial charge in [0, 0.05) is 17.0 Å². The van der Waals surface area contributed by atoms with Crippen molar-refractivity contribution in [1.29, 1.82) is 0 Å². The molecule has 1 aromatic carbocycles. The molecular weight excluding hydrogens is 388 g/mol. The van der Waals surface area contributed by atoms with Crippen LogP contribution in [0.3, 0.4) is 0 Å². The Kier molecular flexibility index (Phi) is 5.16. The maximum Gasteiger partial charge on any atom is 0.246 e. The van der Waals surface area contributed by atoms with Gasteiger partial charge in [0.1, 0.15) is 10.6 Å². The van der Waals surface area contributed by atoms with E-state index in [2.05, 4.69) is 10.2 Å². The summed E-state index contributed by atoms with van der Waals surface area (Å²) in [6.07, 6.45) is 3.48. The van der Waals surface area contributed by atoms with Crippen molar-refractivity contribution in [2.24, 2.45) is 0 Å². The van der Waals surface area contributed by atoms with E-state index < -0.39 is 0 Å². The Labute approximate surface area is 173 Å². The fourth-order valence-electron chi connectivity index (χ4n) is 3.42. The van der Waals surface area contributed by atoms with Crippen molar-refractivity contribution in [3.05, 3.63) is 29.1 Å². The zero-order chi connectivity index (χ0) is 20.5. The number of anilines is 1. The van der Waals surface area contributed by atoms with Crippen LogP contribution >= 0.6 is 11.3 Å². The van der Waals surface area contributed by atoms with Gasteiger partial charge in [-0.2, -0.15) is 0 Å². The van der Waals surface area contributed by atoms with E-state index >= 15 is 0 Å². The summed E-state index contributed by atoms with van der Waals surface area (Å²) in [4.78, 5) is 14.1. The van der Waals surface area contributed by atoms with Crippen LogP contribution in [0.15, 0.2) is 12.1 Å². The topological polar surface area (TPSA) is 69.9 Å². The fraction of sp³-hybridized carbons (Fsp3) is 0.381. The van der Waals surface area contributed by atoms with E-state index in [0.717, 1.165) is 40.0 Å². The summed E-state index contributed by atoms with van der Waals surface area (Å²) in [7, 11) is 4.74. The minimum absolute atomic E-state index is 0.413. The van der Waals surface area contributed by atoms with Crippen molar-refractivity contribution in [2.75, 3.05) is 26.6 Å². The van der Waals surface area contributed by atoms with Crippen LogP contribution in [0.2, 0.25) is 0 Å². The first-order valence-electron chi connectivity index (χ1n) is 9.35. The Bertz CT molecular complexity index is 1090. The van der Waals surface area contributed by atoms with Gasteiger partial charge in [-0.05, 0) is 43.9 Å². The van der Waals surface area contributed by atoms with E-state index in [1.54, 1.807) is 21.3 Å². The van der Waals surface area contributed by atoms with Crippen LogP contribution in [0.1, 0.15) is 24.8 Å². The highest BCUT2D eigenvalue weighted by Crippen LogP contribution is 2.44. The van der Waals surface area contributed by atoms with Crippen LogP contribution < -0.4 is 19.5 Å². The zero-order valence-corrected chi connectivity index (χ0v) is 17.6. The van der Waals surface area contributed by atoms with Crippen LogP contribution in [0.5, 0.6) is 17.2 Å². The fourth-order valence-corrected chi connectivity index (χ4v) is 4.39. The monoisotopic (exact) mass is 410 g/mol. The molecule has 1 N–H and O–H groups in total. The first-order chi connectivity index (χ1) is 14.1. The third-order valence-electron chi connectivity index (χ3n) is 5.24. The van der Waals surface area contributed by atoms with Crippen molar-refractivity contribution < 1.29 is 14.2 Å². The minimum Gasteiger partial charge on any atom is -0.493 e. The summed E-state index contributed by atoms with van der Waals surface area (Å²) in [5.41, 5.74) is 1.69. The van der Waals surface area contributed by atoms with Crippen LogP contribution in [0.4, 0.5) is 10.8 Å². The Hall–Kier alpha value is -3.05. The van der Waals surface area contributed by atoms with Gasteiger partial charge in [-0.1, -0.05) is 0 Å². The molecule has 1 fully saturated rings. The van der Waals surface area contributed by atoms with Gasteiger partial charge in [0.25, 0.3) is 0 Å². The van der Waals surface area contributed by atoms with Crippen molar-refractivity contribution in [3.63, 3.8) is 0 Å². The Morgan fingerprint density at radius 2 is 1.79 bits per heavy atom. The SMILES string of the molecule is [C-]#[N+]c1sc2nc(-c3cc(OC)c(OC)c(OC)c3)nc(NC3CCC3)c2c1C. The second-order valence-corrected chi connectivity index (χ2v) is 7.88. The second-order valence-electron chi connectivity index (χ2n) is 6.91. The number of aryl methyl sites for hydroxylation is 1. The number of aromatic nitrogens is 2. The Morgan fingerprint density at radius 3 is 2.31 bits per heavy atom. The minimum atomic E-state index is 0.413. The van der Waals surface area contributed by atoms with E-state index in [-0.39, 0.29) is 0 Å². The number of methoxy groups -OCH3 is 3. The number of nitrogens with one attached hydrogen (secondary N) is 1. The first-order valence-corrected chi connectivity index (χ1v) is 10.2. The summed E-state index contributed by atoms with van der Waals surface area (Å²) in [6.45, 7) is 9.42. The molecule has 29 heavy (non-hydrogen) atoms. The lowest BCUT2D eigenvalue weighted by molar-refractivity contribution is 0.324. The number of rotatable bonds is 6. The molecule has 0 aliphatic heterocycles. The van der Waals surface area contributed by atoms with Crippen molar-refractivity contribution in [1.82, 2.24) is 9.97 Å². The summed E-state index contributed by atoms with van der Waals surface area (Å²) in [5.74, 6) is 2.95. The maximum absolute atomic E-state index is 7.47. The molecule has 8 heteroatoms. The average molecular weight is 410 g/mol. The number of benzene rings is 1. The summed E-state index contributed by atoms with van der Waals surface area (Å²) < 4.78 is 16.4. The van der Waals surface area contributed by atoms with E-state index in [1.165, 1.54) is 17.8 Å². The molecule has 0 radical (unpaired) electrons.